The van der Waals surface area contributed by atoms with E-state index in [0.717, 1.165) is 24.2 Å². The standard InChI is InChI=1S/C26H31FN2O2/c1-19(2)20(3)29(17-21-7-11-23(12-8-21)26(30)31-4)18-25-6-5-15-28(25)16-22-9-13-24(27)14-10-22/h5-15,19-20H,16-18H2,1-4H3/t20-/m1/s1. The van der Waals surface area contributed by atoms with Crippen LogP contribution in [-0.4, -0.2) is 28.6 Å². The van der Waals surface area contributed by atoms with E-state index in [1.54, 1.807) is 0 Å². The van der Waals surface area contributed by atoms with Gasteiger partial charge in [0.2, 0.25) is 0 Å². The average Bonchev–Trinajstić information content (AvgIpc) is 3.20. The topological polar surface area (TPSA) is 34.5 Å². The van der Waals surface area contributed by atoms with Crippen LogP contribution in [0.2, 0.25) is 0 Å². The molecule has 0 aliphatic carbocycles. The Balaban J connectivity index is 1.77. The van der Waals surface area contributed by atoms with Crippen LogP contribution in [0.3, 0.4) is 0 Å². The first kappa shape index (κ1) is 22.8. The van der Waals surface area contributed by atoms with Crippen molar-refractivity contribution < 1.29 is 13.9 Å². The Bertz CT molecular complexity index is 977. The number of halogens is 1. The molecule has 0 amide bonds. The monoisotopic (exact) mass is 422 g/mol. The first-order chi connectivity index (χ1) is 14.9. The Morgan fingerprint density at radius 3 is 2.23 bits per heavy atom. The zero-order valence-electron chi connectivity index (χ0n) is 18.7. The molecule has 0 unspecified atom stereocenters. The third-order valence-electron chi connectivity index (χ3n) is 5.86. The molecular weight excluding hydrogens is 391 g/mol. The Hall–Kier alpha value is -2.92. The molecule has 164 valence electrons. The van der Waals surface area contributed by atoms with Gasteiger partial charge in [-0.25, -0.2) is 9.18 Å². The fourth-order valence-electron chi connectivity index (χ4n) is 3.61. The van der Waals surface area contributed by atoms with Crippen molar-refractivity contribution in [1.29, 1.82) is 0 Å². The van der Waals surface area contributed by atoms with Crippen LogP contribution in [0.25, 0.3) is 0 Å². The fraction of sp³-hybridized carbons (Fsp3) is 0.346. The molecule has 3 aromatic rings. The zero-order chi connectivity index (χ0) is 22.4. The number of nitrogens with zero attached hydrogens (tertiary/aromatic N) is 2. The van der Waals surface area contributed by atoms with Gasteiger partial charge >= 0.3 is 5.97 Å². The van der Waals surface area contributed by atoms with Gasteiger partial charge in [-0.1, -0.05) is 38.1 Å². The number of hydrogen-bond donors (Lipinski definition) is 0. The molecule has 1 atom stereocenters. The van der Waals surface area contributed by atoms with Crippen molar-refractivity contribution in [2.45, 2.75) is 46.4 Å². The number of methoxy groups -OCH3 is 1. The summed E-state index contributed by atoms with van der Waals surface area (Å²) in [6, 6.07) is 18.8. The lowest BCUT2D eigenvalue weighted by molar-refractivity contribution is 0.0600. The number of benzene rings is 2. The lowest BCUT2D eigenvalue weighted by Crippen LogP contribution is -2.36. The van der Waals surface area contributed by atoms with Gasteiger partial charge in [0.05, 0.1) is 12.7 Å². The number of ether oxygens (including phenoxy) is 1. The van der Waals surface area contributed by atoms with E-state index < -0.39 is 0 Å². The van der Waals surface area contributed by atoms with Gasteiger partial charge < -0.3 is 9.30 Å². The summed E-state index contributed by atoms with van der Waals surface area (Å²) < 4.78 is 20.2. The third kappa shape index (κ3) is 6.05. The lowest BCUT2D eigenvalue weighted by Gasteiger charge is -2.32. The first-order valence-corrected chi connectivity index (χ1v) is 10.7. The normalized spacial score (nSPS) is 12.4. The second-order valence-corrected chi connectivity index (χ2v) is 8.33. The van der Waals surface area contributed by atoms with Crippen molar-refractivity contribution >= 4 is 5.97 Å². The number of aromatic nitrogens is 1. The summed E-state index contributed by atoms with van der Waals surface area (Å²) in [5.74, 6) is -0.0425. The fourth-order valence-corrected chi connectivity index (χ4v) is 3.61. The Morgan fingerprint density at radius 2 is 1.61 bits per heavy atom. The van der Waals surface area contributed by atoms with Crippen LogP contribution in [0.5, 0.6) is 0 Å². The van der Waals surface area contributed by atoms with Gasteiger partial charge in [0.1, 0.15) is 5.82 Å². The van der Waals surface area contributed by atoms with Crippen LogP contribution in [0.1, 0.15) is 48.0 Å². The molecule has 5 heteroatoms. The highest BCUT2D eigenvalue weighted by atomic mass is 19.1. The van der Waals surface area contributed by atoms with Crippen molar-refractivity contribution in [3.05, 3.63) is 95.1 Å². The minimum absolute atomic E-state index is 0.216. The highest BCUT2D eigenvalue weighted by Crippen LogP contribution is 2.20. The third-order valence-corrected chi connectivity index (χ3v) is 5.86. The highest BCUT2D eigenvalue weighted by Gasteiger charge is 2.19. The minimum Gasteiger partial charge on any atom is -0.465 e. The molecule has 0 N–H and O–H groups in total. The van der Waals surface area contributed by atoms with E-state index in [2.05, 4.69) is 48.6 Å². The van der Waals surface area contributed by atoms with E-state index in [1.807, 2.05) is 36.4 Å². The van der Waals surface area contributed by atoms with Gasteiger partial charge in [-0.15, -0.1) is 0 Å². The second-order valence-electron chi connectivity index (χ2n) is 8.33. The largest absolute Gasteiger partial charge is 0.465 e. The second kappa shape index (κ2) is 10.4. The minimum atomic E-state index is -0.322. The van der Waals surface area contributed by atoms with Crippen LogP contribution < -0.4 is 0 Å². The highest BCUT2D eigenvalue weighted by molar-refractivity contribution is 5.89. The van der Waals surface area contributed by atoms with Crippen LogP contribution in [0.4, 0.5) is 4.39 Å². The predicted octanol–water partition coefficient (Wildman–Crippen LogP) is 5.51. The summed E-state index contributed by atoms with van der Waals surface area (Å²) in [5, 5.41) is 0. The van der Waals surface area contributed by atoms with Gasteiger partial charge in [-0.3, -0.25) is 4.90 Å². The molecule has 0 bridgehead atoms. The van der Waals surface area contributed by atoms with Crippen LogP contribution in [0, 0.1) is 11.7 Å². The van der Waals surface area contributed by atoms with Gasteiger partial charge in [0.25, 0.3) is 0 Å². The van der Waals surface area contributed by atoms with Crippen molar-refractivity contribution in [3.63, 3.8) is 0 Å². The molecule has 0 saturated carbocycles. The number of esters is 1. The molecule has 4 nitrogen and oxygen atoms in total. The number of carbonyl (C=O) groups excluding carboxylic acids is 1. The van der Waals surface area contributed by atoms with Gasteiger partial charge in [-0.2, -0.15) is 0 Å². The Morgan fingerprint density at radius 1 is 0.968 bits per heavy atom. The Kier molecular flexibility index (Phi) is 7.64. The van der Waals surface area contributed by atoms with E-state index in [1.165, 1.54) is 24.9 Å². The molecule has 2 aromatic carbocycles. The quantitative estimate of drug-likeness (QED) is 0.427. The van der Waals surface area contributed by atoms with Crippen molar-refractivity contribution in [1.82, 2.24) is 9.47 Å². The molecule has 0 spiro atoms. The van der Waals surface area contributed by atoms with Gasteiger partial charge in [0.15, 0.2) is 0 Å². The summed E-state index contributed by atoms with van der Waals surface area (Å²) in [4.78, 5) is 14.2. The molecule has 31 heavy (non-hydrogen) atoms. The first-order valence-electron chi connectivity index (χ1n) is 10.7. The molecule has 1 heterocycles. The molecule has 3 rings (SSSR count). The van der Waals surface area contributed by atoms with Crippen molar-refractivity contribution in [3.8, 4) is 0 Å². The summed E-state index contributed by atoms with van der Waals surface area (Å²) in [6.07, 6.45) is 2.07. The van der Waals surface area contributed by atoms with Gasteiger partial charge in [0, 0.05) is 37.6 Å². The van der Waals surface area contributed by atoms with Crippen LogP contribution in [0.15, 0.2) is 66.9 Å². The van der Waals surface area contributed by atoms with E-state index in [-0.39, 0.29) is 11.8 Å². The maximum Gasteiger partial charge on any atom is 0.337 e. The number of hydrogen-bond acceptors (Lipinski definition) is 3. The van der Waals surface area contributed by atoms with Crippen LogP contribution >= 0.6 is 0 Å². The van der Waals surface area contributed by atoms with E-state index >= 15 is 0 Å². The zero-order valence-corrected chi connectivity index (χ0v) is 18.7. The lowest BCUT2D eigenvalue weighted by atomic mass is 10.0. The van der Waals surface area contributed by atoms with E-state index in [9.17, 15) is 9.18 Å². The maximum atomic E-state index is 13.2. The van der Waals surface area contributed by atoms with Crippen molar-refractivity contribution in [2.75, 3.05) is 7.11 Å². The molecule has 0 fully saturated rings. The SMILES string of the molecule is COC(=O)c1ccc(CN(Cc2cccn2Cc2ccc(F)cc2)[C@H](C)C(C)C)cc1. The summed E-state index contributed by atoms with van der Waals surface area (Å²) >= 11 is 0. The smallest absolute Gasteiger partial charge is 0.337 e. The number of carbonyl (C=O) groups is 1. The Labute approximate surface area is 184 Å². The van der Waals surface area contributed by atoms with E-state index in [4.69, 9.17) is 4.74 Å². The summed E-state index contributed by atoms with van der Waals surface area (Å²) in [6.45, 7) is 9.00. The predicted molar refractivity (Wildman–Crippen MR) is 121 cm³/mol. The summed E-state index contributed by atoms with van der Waals surface area (Å²) in [7, 11) is 1.39. The van der Waals surface area contributed by atoms with Crippen LogP contribution in [-0.2, 0) is 24.4 Å². The van der Waals surface area contributed by atoms with E-state index in [0.29, 0.717) is 24.1 Å². The average molecular weight is 423 g/mol. The molecule has 0 aliphatic heterocycles. The molecule has 0 radical (unpaired) electrons. The van der Waals surface area contributed by atoms with Crippen molar-refractivity contribution in [2.24, 2.45) is 5.92 Å². The number of rotatable bonds is 9. The molecule has 0 saturated heterocycles. The van der Waals surface area contributed by atoms with Gasteiger partial charge in [-0.05, 0) is 60.4 Å². The molecular formula is C26H31FN2O2. The molecule has 0 aliphatic rings. The molecule has 1 aromatic heterocycles. The maximum absolute atomic E-state index is 13.2. The summed E-state index contributed by atoms with van der Waals surface area (Å²) in [5.41, 5.74) is 3.99.